The number of hydrogen-bond acceptors (Lipinski definition) is 4. The van der Waals surface area contributed by atoms with Crippen LogP contribution in [0.2, 0.25) is 0 Å². The quantitative estimate of drug-likeness (QED) is 0.832. The first-order chi connectivity index (χ1) is 8.72. The maximum absolute atomic E-state index is 12.3. The highest BCUT2D eigenvalue weighted by Gasteiger charge is 2.34. The number of hydrogen-bond donors (Lipinski definition) is 1. The van der Waals surface area contributed by atoms with Crippen molar-refractivity contribution in [1.29, 1.82) is 0 Å². The summed E-state index contributed by atoms with van der Waals surface area (Å²) in [5.41, 5.74) is 1.04. The highest BCUT2D eigenvalue weighted by atomic mass is 16.5. The number of nitrogens with zero attached hydrogens (tertiary/aromatic N) is 2. The SMILES string of the molecule is CNC1COCC1C(=O)N(C)Cc1cccnc1. The van der Waals surface area contributed by atoms with Gasteiger partial charge in [0.25, 0.3) is 0 Å². The molecule has 0 saturated carbocycles. The molecule has 0 aliphatic carbocycles. The summed E-state index contributed by atoms with van der Waals surface area (Å²) in [6.45, 7) is 1.69. The van der Waals surface area contributed by atoms with Crippen LogP contribution in [-0.2, 0) is 16.1 Å². The average Bonchev–Trinajstić information content (AvgIpc) is 2.87. The van der Waals surface area contributed by atoms with E-state index in [1.165, 1.54) is 0 Å². The minimum Gasteiger partial charge on any atom is -0.379 e. The molecule has 1 aliphatic rings. The first kappa shape index (κ1) is 13.0. The maximum Gasteiger partial charge on any atom is 0.229 e. The molecule has 0 aromatic carbocycles. The molecule has 2 rings (SSSR count). The summed E-state index contributed by atoms with van der Waals surface area (Å²) in [6.07, 6.45) is 3.51. The first-order valence-electron chi connectivity index (χ1n) is 6.11. The molecule has 1 aromatic heterocycles. The van der Waals surface area contributed by atoms with Crippen LogP contribution < -0.4 is 5.32 Å². The van der Waals surface area contributed by atoms with E-state index in [0.717, 1.165) is 5.56 Å². The van der Waals surface area contributed by atoms with Crippen molar-refractivity contribution in [2.75, 3.05) is 27.3 Å². The van der Waals surface area contributed by atoms with Gasteiger partial charge in [0.15, 0.2) is 0 Å². The molecular weight excluding hydrogens is 230 g/mol. The van der Waals surface area contributed by atoms with E-state index in [1.54, 1.807) is 17.3 Å². The summed E-state index contributed by atoms with van der Waals surface area (Å²) in [5, 5.41) is 3.13. The average molecular weight is 249 g/mol. The van der Waals surface area contributed by atoms with Gasteiger partial charge in [-0.2, -0.15) is 0 Å². The normalized spacial score (nSPS) is 23.0. The second kappa shape index (κ2) is 5.93. The molecule has 18 heavy (non-hydrogen) atoms. The molecule has 5 nitrogen and oxygen atoms in total. The van der Waals surface area contributed by atoms with E-state index >= 15 is 0 Å². The Kier molecular flexibility index (Phi) is 4.28. The van der Waals surface area contributed by atoms with Crippen molar-refractivity contribution in [2.24, 2.45) is 5.92 Å². The fraction of sp³-hybridized carbons (Fsp3) is 0.538. The lowest BCUT2D eigenvalue weighted by Crippen LogP contribution is -2.43. The number of carbonyl (C=O) groups excluding carboxylic acids is 1. The standard InChI is InChI=1S/C13H19N3O2/c1-14-12-9-18-8-11(12)13(17)16(2)7-10-4-3-5-15-6-10/h3-6,11-12,14H,7-9H2,1-2H3. The lowest BCUT2D eigenvalue weighted by molar-refractivity contribution is -0.135. The highest BCUT2D eigenvalue weighted by molar-refractivity contribution is 5.79. The number of nitrogens with one attached hydrogen (secondary N) is 1. The van der Waals surface area contributed by atoms with Crippen LogP contribution in [0.5, 0.6) is 0 Å². The predicted octanol–water partition coefficient (Wildman–Crippen LogP) is 0.274. The van der Waals surface area contributed by atoms with Crippen molar-refractivity contribution >= 4 is 5.91 Å². The monoisotopic (exact) mass is 249 g/mol. The first-order valence-corrected chi connectivity index (χ1v) is 6.11. The summed E-state index contributed by atoms with van der Waals surface area (Å²) in [5.74, 6) is 0.0346. The molecule has 2 unspecified atom stereocenters. The third kappa shape index (κ3) is 2.86. The molecule has 0 spiro atoms. The summed E-state index contributed by atoms with van der Waals surface area (Å²) in [6, 6.07) is 3.97. The van der Waals surface area contributed by atoms with Gasteiger partial charge >= 0.3 is 0 Å². The van der Waals surface area contributed by atoms with Gasteiger partial charge in [-0.1, -0.05) is 6.07 Å². The largest absolute Gasteiger partial charge is 0.379 e. The van der Waals surface area contributed by atoms with Gasteiger partial charge in [0.1, 0.15) is 0 Å². The van der Waals surface area contributed by atoms with Gasteiger partial charge in [0.2, 0.25) is 5.91 Å². The van der Waals surface area contributed by atoms with Crippen LogP contribution in [0.4, 0.5) is 0 Å². The summed E-state index contributed by atoms with van der Waals surface area (Å²) in [7, 11) is 3.68. The molecule has 1 fully saturated rings. The number of carbonyl (C=O) groups is 1. The van der Waals surface area contributed by atoms with Crippen LogP contribution in [0, 0.1) is 5.92 Å². The van der Waals surface area contributed by atoms with Gasteiger partial charge in [-0.05, 0) is 18.7 Å². The van der Waals surface area contributed by atoms with Crippen LogP contribution in [0.3, 0.4) is 0 Å². The van der Waals surface area contributed by atoms with Crippen molar-refractivity contribution in [3.8, 4) is 0 Å². The molecule has 98 valence electrons. The van der Waals surface area contributed by atoms with E-state index in [0.29, 0.717) is 19.8 Å². The lowest BCUT2D eigenvalue weighted by atomic mass is 10.0. The lowest BCUT2D eigenvalue weighted by Gasteiger charge is -2.23. The maximum atomic E-state index is 12.3. The van der Waals surface area contributed by atoms with Gasteiger partial charge in [0, 0.05) is 32.0 Å². The third-order valence-electron chi connectivity index (χ3n) is 3.29. The Labute approximate surface area is 107 Å². The molecule has 1 aliphatic heterocycles. The Balaban J connectivity index is 1.96. The molecular formula is C13H19N3O2. The van der Waals surface area contributed by atoms with Crippen LogP contribution >= 0.6 is 0 Å². The van der Waals surface area contributed by atoms with E-state index in [4.69, 9.17) is 4.74 Å². The zero-order valence-corrected chi connectivity index (χ0v) is 10.8. The Bertz CT molecular complexity index is 396. The molecule has 2 atom stereocenters. The fourth-order valence-electron chi connectivity index (χ4n) is 2.21. The Hall–Kier alpha value is -1.46. The van der Waals surface area contributed by atoms with Gasteiger partial charge < -0.3 is 15.0 Å². The molecule has 5 heteroatoms. The van der Waals surface area contributed by atoms with Crippen molar-refractivity contribution in [2.45, 2.75) is 12.6 Å². The molecule has 1 amide bonds. The van der Waals surface area contributed by atoms with E-state index in [9.17, 15) is 4.79 Å². The third-order valence-corrected chi connectivity index (χ3v) is 3.29. The summed E-state index contributed by atoms with van der Waals surface area (Å²) >= 11 is 0. The predicted molar refractivity (Wildman–Crippen MR) is 67.9 cm³/mol. The molecule has 0 bridgehead atoms. The fourth-order valence-corrected chi connectivity index (χ4v) is 2.21. The van der Waals surface area contributed by atoms with E-state index in [1.807, 2.05) is 26.2 Å². The van der Waals surface area contributed by atoms with E-state index in [2.05, 4.69) is 10.3 Å². The molecule has 0 radical (unpaired) electrons. The van der Waals surface area contributed by atoms with Crippen LogP contribution in [0.25, 0.3) is 0 Å². The number of likely N-dealkylation sites (N-methyl/N-ethyl adjacent to an activating group) is 1. The van der Waals surface area contributed by atoms with Gasteiger partial charge in [-0.25, -0.2) is 0 Å². The van der Waals surface area contributed by atoms with Crippen LogP contribution in [-0.4, -0.2) is 49.1 Å². The minimum atomic E-state index is -0.0864. The number of aromatic nitrogens is 1. The number of amides is 1. The second-order valence-electron chi connectivity index (χ2n) is 4.59. The smallest absolute Gasteiger partial charge is 0.229 e. The molecule has 2 heterocycles. The second-order valence-corrected chi connectivity index (χ2v) is 4.59. The van der Waals surface area contributed by atoms with E-state index in [-0.39, 0.29) is 17.9 Å². The van der Waals surface area contributed by atoms with Crippen LogP contribution in [0.1, 0.15) is 5.56 Å². The zero-order valence-electron chi connectivity index (χ0n) is 10.8. The minimum absolute atomic E-state index is 0.0864. The Morgan fingerprint density at radius 1 is 1.61 bits per heavy atom. The van der Waals surface area contributed by atoms with Gasteiger partial charge in [-0.15, -0.1) is 0 Å². The van der Waals surface area contributed by atoms with Gasteiger partial charge in [0.05, 0.1) is 19.1 Å². The van der Waals surface area contributed by atoms with Crippen LogP contribution in [0.15, 0.2) is 24.5 Å². The van der Waals surface area contributed by atoms with Crippen molar-refractivity contribution in [3.05, 3.63) is 30.1 Å². The zero-order chi connectivity index (χ0) is 13.0. The van der Waals surface area contributed by atoms with Gasteiger partial charge in [-0.3, -0.25) is 9.78 Å². The molecule has 1 N–H and O–H groups in total. The molecule has 1 aromatic rings. The number of pyridine rings is 1. The summed E-state index contributed by atoms with van der Waals surface area (Å²) < 4.78 is 5.36. The molecule has 1 saturated heterocycles. The van der Waals surface area contributed by atoms with Crippen molar-refractivity contribution in [1.82, 2.24) is 15.2 Å². The van der Waals surface area contributed by atoms with Crippen molar-refractivity contribution in [3.63, 3.8) is 0 Å². The topological polar surface area (TPSA) is 54.5 Å². The summed E-state index contributed by atoms with van der Waals surface area (Å²) in [4.78, 5) is 18.1. The Morgan fingerprint density at radius 2 is 2.44 bits per heavy atom. The Morgan fingerprint density at radius 3 is 3.11 bits per heavy atom. The van der Waals surface area contributed by atoms with E-state index < -0.39 is 0 Å². The number of ether oxygens (including phenoxy) is 1. The number of rotatable bonds is 4. The van der Waals surface area contributed by atoms with Crippen molar-refractivity contribution < 1.29 is 9.53 Å². The highest BCUT2D eigenvalue weighted by Crippen LogP contribution is 2.17.